The van der Waals surface area contributed by atoms with Crippen molar-refractivity contribution in [3.05, 3.63) is 30.1 Å². The first-order valence-corrected chi connectivity index (χ1v) is 10.1. The minimum Gasteiger partial charge on any atom is -0.449 e. The van der Waals surface area contributed by atoms with Crippen molar-refractivity contribution >= 4 is 18.1 Å². The molecule has 1 heterocycles. The van der Waals surface area contributed by atoms with Gasteiger partial charge in [-0.25, -0.2) is 9.40 Å². The Morgan fingerprint density at radius 2 is 1.78 bits per heavy atom. The third-order valence-corrected chi connectivity index (χ3v) is 4.56. The highest BCUT2D eigenvalue weighted by Crippen LogP contribution is 2.23. The van der Waals surface area contributed by atoms with E-state index in [4.69, 9.17) is 9.47 Å². The van der Waals surface area contributed by atoms with Crippen LogP contribution in [0.5, 0.6) is 0 Å². The van der Waals surface area contributed by atoms with Crippen molar-refractivity contribution in [2.45, 2.75) is 77.4 Å². The fourth-order valence-corrected chi connectivity index (χ4v) is 3.04. The van der Waals surface area contributed by atoms with Gasteiger partial charge in [0.2, 0.25) is 0 Å². The van der Waals surface area contributed by atoms with Crippen molar-refractivity contribution in [3.8, 4) is 0 Å². The summed E-state index contributed by atoms with van der Waals surface area (Å²) < 4.78 is 24.3. The molecule has 5 nitrogen and oxygen atoms in total. The molecule has 27 heavy (non-hydrogen) atoms. The summed E-state index contributed by atoms with van der Waals surface area (Å²) in [6, 6.07) is 5.86. The van der Waals surface area contributed by atoms with Crippen molar-refractivity contribution in [2.75, 3.05) is 11.6 Å². The summed E-state index contributed by atoms with van der Waals surface area (Å²) in [5.74, 6) is -0.396. The molecule has 150 valence electrons. The van der Waals surface area contributed by atoms with Gasteiger partial charge in [-0.05, 0) is 24.6 Å². The molecule has 1 aliphatic rings. The van der Waals surface area contributed by atoms with Gasteiger partial charge in [-0.1, -0.05) is 75.9 Å². The normalized spacial score (nSPS) is 16.1. The van der Waals surface area contributed by atoms with Gasteiger partial charge in [0.25, 0.3) is 6.23 Å². The van der Waals surface area contributed by atoms with E-state index in [1.54, 1.807) is 12.1 Å². The zero-order chi connectivity index (χ0) is 19.3. The van der Waals surface area contributed by atoms with Crippen LogP contribution in [0.2, 0.25) is 0 Å². The largest absolute Gasteiger partial charge is 0.449 e. The number of aldehydes is 1. The monoisotopic (exact) mass is 378 g/mol. The molecule has 0 saturated carbocycles. The van der Waals surface area contributed by atoms with Gasteiger partial charge in [0, 0.05) is 0 Å². The summed E-state index contributed by atoms with van der Waals surface area (Å²) in [5, 5.41) is 5.47. The van der Waals surface area contributed by atoms with Crippen LogP contribution in [-0.2, 0) is 14.3 Å². The van der Waals surface area contributed by atoms with Gasteiger partial charge < -0.3 is 9.47 Å². The predicted molar refractivity (Wildman–Crippen MR) is 105 cm³/mol. The predicted octanol–water partition coefficient (Wildman–Crippen LogP) is 5.40. The van der Waals surface area contributed by atoms with Crippen LogP contribution in [0, 0.1) is 5.82 Å². The first-order chi connectivity index (χ1) is 13.2. The Kier molecular flexibility index (Phi) is 9.66. The lowest BCUT2D eigenvalue weighted by Gasteiger charge is -2.16. The maximum Gasteiger partial charge on any atom is 0.408 e. The summed E-state index contributed by atoms with van der Waals surface area (Å²) in [7, 11) is 0. The molecule has 0 aromatic heterocycles. The number of unbranched alkanes of at least 4 members (excludes halogenated alkanes) is 9. The van der Waals surface area contributed by atoms with Crippen LogP contribution < -0.4 is 5.01 Å². The molecule has 1 aromatic rings. The molecular weight excluding hydrogens is 347 g/mol. The SMILES string of the molecule is CCCCCCCCCCCCOC1=NN(c2cccc(F)c2)C(C=O)O1. The highest BCUT2D eigenvalue weighted by atomic mass is 19.1. The number of carbonyl (C=O) groups is 1. The third kappa shape index (κ3) is 7.57. The Morgan fingerprint density at radius 3 is 2.41 bits per heavy atom. The smallest absolute Gasteiger partial charge is 0.408 e. The van der Waals surface area contributed by atoms with E-state index >= 15 is 0 Å². The third-order valence-electron chi connectivity index (χ3n) is 4.56. The van der Waals surface area contributed by atoms with E-state index in [0.717, 1.165) is 12.8 Å². The van der Waals surface area contributed by atoms with Crippen molar-refractivity contribution < 1.29 is 18.7 Å². The van der Waals surface area contributed by atoms with Gasteiger partial charge >= 0.3 is 6.08 Å². The Balaban J connectivity index is 1.60. The molecule has 0 aliphatic carbocycles. The van der Waals surface area contributed by atoms with Crippen LogP contribution in [0.3, 0.4) is 0 Å². The molecule has 0 N–H and O–H groups in total. The lowest BCUT2D eigenvalue weighted by Crippen LogP contribution is -2.29. The molecule has 0 saturated heterocycles. The van der Waals surface area contributed by atoms with E-state index in [1.807, 2.05) is 0 Å². The van der Waals surface area contributed by atoms with Gasteiger partial charge in [-0.2, -0.15) is 0 Å². The minimum absolute atomic E-state index is 0.0623. The number of hydrazone groups is 1. The topological polar surface area (TPSA) is 51.1 Å². The molecule has 1 unspecified atom stereocenters. The van der Waals surface area contributed by atoms with Gasteiger partial charge in [0.1, 0.15) is 5.82 Å². The molecule has 0 spiro atoms. The van der Waals surface area contributed by atoms with Crippen molar-refractivity contribution in [3.63, 3.8) is 0 Å². The summed E-state index contributed by atoms with van der Waals surface area (Å²) >= 11 is 0. The van der Waals surface area contributed by atoms with Crippen LogP contribution in [0.15, 0.2) is 29.4 Å². The lowest BCUT2D eigenvalue weighted by atomic mass is 10.1. The van der Waals surface area contributed by atoms with Crippen molar-refractivity contribution in [1.82, 2.24) is 0 Å². The Morgan fingerprint density at radius 1 is 1.11 bits per heavy atom. The Labute approximate surface area is 161 Å². The van der Waals surface area contributed by atoms with Crippen LogP contribution >= 0.6 is 0 Å². The van der Waals surface area contributed by atoms with E-state index < -0.39 is 12.0 Å². The summed E-state index contributed by atoms with van der Waals surface area (Å²) in [6.45, 7) is 2.74. The maximum absolute atomic E-state index is 13.4. The van der Waals surface area contributed by atoms with Gasteiger partial charge in [0.15, 0.2) is 6.29 Å². The number of anilines is 1. The lowest BCUT2D eigenvalue weighted by molar-refractivity contribution is -0.114. The Hall–Kier alpha value is -2.11. The first-order valence-electron chi connectivity index (χ1n) is 10.1. The highest BCUT2D eigenvalue weighted by molar-refractivity contribution is 5.78. The fourth-order valence-electron chi connectivity index (χ4n) is 3.04. The van der Waals surface area contributed by atoms with E-state index in [-0.39, 0.29) is 6.08 Å². The average Bonchev–Trinajstić information content (AvgIpc) is 3.09. The van der Waals surface area contributed by atoms with E-state index in [0.29, 0.717) is 18.6 Å². The number of hydrogen-bond donors (Lipinski definition) is 0. The second-order valence-corrected chi connectivity index (χ2v) is 6.87. The molecule has 6 heteroatoms. The molecular formula is C21H31FN2O3. The molecule has 0 radical (unpaired) electrons. The average molecular weight is 378 g/mol. The number of hydrogen-bond acceptors (Lipinski definition) is 5. The molecule has 0 fully saturated rings. The van der Waals surface area contributed by atoms with Gasteiger partial charge in [0.05, 0.1) is 12.3 Å². The summed E-state index contributed by atoms with van der Waals surface area (Å²) in [5.41, 5.74) is 0.449. The molecule has 0 bridgehead atoms. The zero-order valence-corrected chi connectivity index (χ0v) is 16.2. The molecule has 2 rings (SSSR count). The summed E-state index contributed by atoms with van der Waals surface area (Å²) in [6.07, 6.45) is 12.3. The van der Waals surface area contributed by atoms with E-state index in [9.17, 15) is 9.18 Å². The number of nitrogens with zero attached hydrogens (tertiary/aromatic N) is 2. The van der Waals surface area contributed by atoms with Gasteiger partial charge in [-0.15, -0.1) is 0 Å². The molecule has 1 atom stereocenters. The van der Waals surface area contributed by atoms with Crippen molar-refractivity contribution in [1.29, 1.82) is 0 Å². The summed E-state index contributed by atoms with van der Waals surface area (Å²) in [4.78, 5) is 11.2. The van der Waals surface area contributed by atoms with Crippen LogP contribution in [-0.4, -0.2) is 25.2 Å². The van der Waals surface area contributed by atoms with Crippen LogP contribution in [0.4, 0.5) is 10.1 Å². The maximum atomic E-state index is 13.4. The standard InChI is InChI=1S/C21H31FN2O3/c1-2-3-4-5-6-7-8-9-10-11-15-26-21-23-24(20(17-25)27-21)19-14-12-13-18(22)16-19/h12-14,16-17,20H,2-11,15H2,1H3. The zero-order valence-electron chi connectivity index (χ0n) is 16.2. The minimum atomic E-state index is -0.922. The van der Waals surface area contributed by atoms with Crippen molar-refractivity contribution in [2.24, 2.45) is 5.10 Å². The van der Waals surface area contributed by atoms with Crippen LogP contribution in [0.1, 0.15) is 71.1 Å². The molecule has 1 aliphatic heterocycles. The number of ether oxygens (including phenoxy) is 2. The molecule has 1 aromatic carbocycles. The van der Waals surface area contributed by atoms with Crippen LogP contribution in [0.25, 0.3) is 0 Å². The number of rotatable bonds is 13. The first kappa shape index (κ1) is 21.2. The fraction of sp³-hybridized carbons (Fsp3) is 0.619. The second-order valence-electron chi connectivity index (χ2n) is 6.87. The van der Waals surface area contributed by atoms with Gasteiger partial charge in [-0.3, -0.25) is 4.79 Å². The highest BCUT2D eigenvalue weighted by Gasteiger charge is 2.30. The molecule has 0 amide bonds. The quantitative estimate of drug-likeness (QED) is 0.341. The second kappa shape index (κ2) is 12.3. The number of halogens is 1. The van der Waals surface area contributed by atoms with E-state index in [1.165, 1.54) is 68.5 Å². The van der Waals surface area contributed by atoms with E-state index in [2.05, 4.69) is 12.0 Å². The number of benzene rings is 1. The number of carbonyl (C=O) groups excluding carboxylic acids is 1. The Bertz CT molecular complexity index is 595.